The molecular weight excluding hydrogens is 400 g/mol. The van der Waals surface area contributed by atoms with E-state index in [9.17, 15) is 4.79 Å². The van der Waals surface area contributed by atoms with Crippen molar-refractivity contribution >= 4 is 11.6 Å². The first-order valence-corrected chi connectivity index (χ1v) is 13.0. The molecule has 4 aliphatic carbocycles. The van der Waals surface area contributed by atoms with Crippen molar-refractivity contribution < 1.29 is 9.53 Å². The van der Waals surface area contributed by atoms with Gasteiger partial charge in [0.15, 0.2) is 5.78 Å². The highest BCUT2D eigenvalue weighted by Crippen LogP contribution is 2.69. The molecule has 6 nitrogen and oxygen atoms in total. The summed E-state index contributed by atoms with van der Waals surface area (Å²) >= 11 is 0. The van der Waals surface area contributed by atoms with Gasteiger partial charge < -0.3 is 10.5 Å². The number of ether oxygens (including phenoxy) is 1. The van der Waals surface area contributed by atoms with E-state index < -0.39 is 0 Å². The Labute approximate surface area is 194 Å². The van der Waals surface area contributed by atoms with E-state index in [1.807, 2.05) is 7.11 Å². The number of hydrogen-bond donors (Lipinski definition) is 2. The summed E-state index contributed by atoms with van der Waals surface area (Å²) in [6, 6.07) is 0. The van der Waals surface area contributed by atoms with Gasteiger partial charge in [-0.05, 0) is 100 Å². The minimum absolute atomic E-state index is 0.0901. The van der Waals surface area contributed by atoms with Crippen molar-refractivity contribution in [1.29, 1.82) is 0 Å². The molecular formula is C26H46N4O2. The Balaban J connectivity index is 1.56. The second-order valence-electron chi connectivity index (χ2n) is 12.0. The van der Waals surface area contributed by atoms with Gasteiger partial charge in [-0.3, -0.25) is 4.79 Å². The highest BCUT2D eigenvalue weighted by atomic mass is 16.5. The van der Waals surface area contributed by atoms with Crippen molar-refractivity contribution in [1.82, 2.24) is 5.12 Å². The number of nitrogens with two attached hydrogens (primary N) is 2. The fourth-order valence-corrected chi connectivity index (χ4v) is 9.24. The molecule has 0 aromatic heterocycles. The van der Waals surface area contributed by atoms with Gasteiger partial charge in [-0.15, -0.1) is 5.10 Å². The molecule has 0 spiro atoms. The van der Waals surface area contributed by atoms with Crippen LogP contribution in [-0.2, 0) is 9.53 Å². The molecule has 0 bridgehead atoms. The average Bonchev–Trinajstić information content (AvgIpc) is 3.09. The van der Waals surface area contributed by atoms with Crippen LogP contribution in [0.25, 0.3) is 0 Å². The molecule has 9 unspecified atom stereocenters. The number of hydrazine groups is 1. The average molecular weight is 447 g/mol. The molecule has 182 valence electrons. The Bertz CT molecular complexity index is 737. The van der Waals surface area contributed by atoms with E-state index >= 15 is 0 Å². The van der Waals surface area contributed by atoms with Crippen LogP contribution < -0.4 is 11.6 Å². The second-order valence-corrected chi connectivity index (χ2v) is 12.0. The molecule has 6 heteroatoms. The van der Waals surface area contributed by atoms with E-state index in [-0.39, 0.29) is 23.7 Å². The Morgan fingerprint density at radius 1 is 1.16 bits per heavy atom. The third-order valence-corrected chi connectivity index (χ3v) is 10.6. The van der Waals surface area contributed by atoms with Crippen molar-refractivity contribution in [2.24, 2.45) is 63.0 Å². The molecule has 0 aliphatic heterocycles. The number of nitrogens with zero attached hydrogens (tertiary/aromatic N) is 2. The summed E-state index contributed by atoms with van der Waals surface area (Å²) in [5, 5.41) is 5.27. The molecule has 4 fully saturated rings. The van der Waals surface area contributed by atoms with E-state index in [0.717, 1.165) is 36.5 Å². The third kappa shape index (κ3) is 3.79. The number of Topliss-reactive ketones (excluding diaryl/α,β-unsaturated/α-hetero) is 1. The van der Waals surface area contributed by atoms with Gasteiger partial charge in [-0.1, -0.05) is 20.3 Å². The van der Waals surface area contributed by atoms with Crippen LogP contribution in [0.1, 0.15) is 85.5 Å². The quantitative estimate of drug-likeness (QED) is 0.274. The van der Waals surface area contributed by atoms with Gasteiger partial charge in [-0.2, -0.15) is 0 Å². The standard InChI is InChI=1S/C26H46N4O2/c1-16-10-13-26(17(2)32-5)19(14-16)6-7-20-21-8-9-23(25(21,4)12-11-22(20)26)24(31)15-30(28)29-18(3)27/h16-17,19-23H,6-15,28H2,1-5H3,(H2,27,29). The summed E-state index contributed by atoms with van der Waals surface area (Å²) < 4.78 is 6.11. The first-order chi connectivity index (χ1) is 15.1. The number of hydrazone groups is 1. The maximum absolute atomic E-state index is 13.3. The SMILES string of the molecule is COC(C)C12CCC(C)CC1CCC1C3CCC(C(=O)CN(N)/N=C(/C)N)C3(C)CCC12. The number of hydrogen-bond acceptors (Lipinski definition) is 5. The van der Waals surface area contributed by atoms with Crippen molar-refractivity contribution in [2.45, 2.75) is 91.6 Å². The molecule has 9 atom stereocenters. The number of rotatable bonds is 6. The fourth-order valence-electron chi connectivity index (χ4n) is 9.24. The molecule has 0 saturated heterocycles. The predicted molar refractivity (Wildman–Crippen MR) is 128 cm³/mol. The first kappa shape index (κ1) is 24.0. The number of carbonyl (C=O) groups is 1. The van der Waals surface area contributed by atoms with E-state index in [0.29, 0.717) is 23.3 Å². The normalized spacial score (nSPS) is 44.9. The van der Waals surface area contributed by atoms with Crippen LogP contribution in [0.2, 0.25) is 0 Å². The van der Waals surface area contributed by atoms with Crippen LogP contribution in [0.15, 0.2) is 5.10 Å². The lowest BCUT2D eigenvalue weighted by atomic mass is 9.42. The van der Waals surface area contributed by atoms with Crippen LogP contribution in [0.5, 0.6) is 0 Å². The Morgan fingerprint density at radius 2 is 1.91 bits per heavy atom. The Kier molecular flexibility index (Phi) is 6.68. The molecule has 4 aliphatic rings. The summed E-state index contributed by atoms with van der Waals surface area (Å²) in [7, 11) is 1.92. The highest BCUT2D eigenvalue weighted by molar-refractivity contribution is 5.84. The van der Waals surface area contributed by atoms with E-state index in [2.05, 4.69) is 25.9 Å². The lowest BCUT2D eigenvalue weighted by Gasteiger charge is -2.63. The van der Waals surface area contributed by atoms with Gasteiger partial charge >= 0.3 is 0 Å². The van der Waals surface area contributed by atoms with Gasteiger partial charge in [0.2, 0.25) is 0 Å². The van der Waals surface area contributed by atoms with Crippen LogP contribution in [0.4, 0.5) is 0 Å². The highest BCUT2D eigenvalue weighted by Gasteiger charge is 2.63. The monoisotopic (exact) mass is 446 g/mol. The lowest BCUT2D eigenvalue weighted by molar-refractivity contribution is -0.180. The van der Waals surface area contributed by atoms with Gasteiger partial charge in [0.25, 0.3) is 0 Å². The number of ketones is 1. The summed E-state index contributed by atoms with van der Waals surface area (Å²) in [6.07, 6.45) is 11.6. The maximum Gasteiger partial charge on any atom is 0.159 e. The molecule has 0 radical (unpaired) electrons. The zero-order valence-electron chi connectivity index (χ0n) is 21.0. The van der Waals surface area contributed by atoms with E-state index in [1.165, 1.54) is 50.1 Å². The second kappa shape index (κ2) is 8.90. The molecule has 0 aromatic rings. The molecule has 0 aromatic carbocycles. The van der Waals surface area contributed by atoms with E-state index in [4.69, 9.17) is 16.3 Å². The van der Waals surface area contributed by atoms with Crippen molar-refractivity contribution in [3.8, 4) is 0 Å². The number of methoxy groups -OCH3 is 1. The lowest BCUT2D eigenvalue weighted by Crippen LogP contribution is -2.59. The van der Waals surface area contributed by atoms with Crippen molar-refractivity contribution in [3.63, 3.8) is 0 Å². The van der Waals surface area contributed by atoms with Gasteiger partial charge in [0, 0.05) is 18.4 Å². The first-order valence-electron chi connectivity index (χ1n) is 13.0. The molecule has 4 saturated carbocycles. The summed E-state index contributed by atoms with van der Waals surface area (Å²) in [5.41, 5.74) is 6.06. The molecule has 32 heavy (non-hydrogen) atoms. The largest absolute Gasteiger partial charge is 0.386 e. The zero-order valence-corrected chi connectivity index (χ0v) is 21.0. The molecule has 4 rings (SSSR count). The topological polar surface area (TPSA) is 93.9 Å². The Hall–Kier alpha value is -1.14. The Morgan fingerprint density at radius 3 is 2.59 bits per heavy atom. The van der Waals surface area contributed by atoms with Crippen molar-refractivity contribution in [3.05, 3.63) is 0 Å². The van der Waals surface area contributed by atoms with Crippen LogP contribution >= 0.6 is 0 Å². The number of amidine groups is 1. The minimum Gasteiger partial charge on any atom is -0.386 e. The predicted octanol–water partition coefficient (Wildman–Crippen LogP) is 4.33. The summed E-state index contributed by atoms with van der Waals surface area (Å²) in [4.78, 5) is 13.3. The molecule has 0 amide bonds. The zero-order chi connectivity index (χ0) is 23.3. The molecule has 4 N–H and O–H groups in total. The number of fused-ring (bicyclic) bond motifs is 5. The van der Waals surface area contributed by atoms with Crippen LogP contribution in [-0.4, -0.2) is 36.5 Å². The minimum atomic E-state index is 0.0901. The summed E-state index contributed by atoms with van der Waals surface area (Å²) in [6.45, 7) is 9.03. The summed E-state index contributed by atoms with van der Waals surface area (Å²) in [5.74, 6) is 10.4. The van der Waals surface area contributed by atoms with Gasteiger partial charge in [-0.25, -0.2) is 11.0 Å². The van der Waals surface area contributed by atoms with Crippen molar-refractivity contribution in [2.75, 3.05) is 13.7 Å². The van der Waals surface area contributed by atoms with Crippen LogP contribution in [0.3, 0.4) is 0 Å². The van der Waals surface area contributed by atoms with Crippen LogP contribution in [0, 0.1) is 46.3 Å². The fraction of sp³-hybridized carbons (Fsp3) is 0.923. The maximum atomic E-state index is 13.3. The molecule has 0 heterocycles. The number of carbonyl (C=O) groups excluding carboxylic acids is 1. The smallest absolute Gasteiger partial charge is 0.159 e. The van der Waals surface area contributed by atoms with Gasteiger partial charge in [0.1, 0.15) is 12.4 Å². The third-order valence-electron chi connectivity index (χ3n) is 10.6. The van der Waals surface area contributed by atoms with E-state index in [1.54, 1.807) is 6.92 Å². The van der Waals surface area contributed by atoms with Gasteiger partial charge in [0.05, 0.1) is 6.10 Å².